The maximum absolute atomic E-state index is 13.1. The Balaban J connectivity index is 2.27. The summed E-state index contributed by atoms with van der Waals surface area (Å²) in [5.41, 5.74) is 2.18. The van der Waals surface area contributed by atoms with Crippen molar-refractivity contribution in [3.63, 3.8) is 0 Å². The van der Waals surface area contributed by atoms with Gasteiger partial charge in [0.05, 0.1) is 0 Å². The Hall–Kier alpha value is -0.380. The molecule has 0 heterocycles. The van der Waals surface area contributed by atoms with Crippen LogP contribution in [0.2, 0.25) is 5.02 Å². The van der Waals surface area contributed by atoms with E-state index in [2.05, 4.69) is 37.9 Å². The molecule has 0 radical (unpaired) electrons. The van der Waals surface area contributed by atoms with Gasteiger partial charge in [-0.2, -0.15) is 0 Å². The van der Waals surface area contributed by atoms with Crippen molar-refractivity contribution in [2.75, 3.05) is 5.33 Å². The summed E-state index contributed by atoms with van der Waals surface area (Å²) in [7, 11) is 0. The van der Waals surface area contributed by atoms with Crippen molar-refractivity contribution in [3.05, 3.63) is 68.9 Å². The lowest BCUT2D eigenvalue weighted by atomic mass is 9.94. The normalized spacial score (nSPS) is 12.4. The monoisotopic (exact) mass is 404 g/mol. The van der Waals surface area contributed by atoms with Crippen LogP contribution in [-0.2, 0) is 6.42 Å². The smallest absolute Gasteiger partial charge is 0.124 e. The summed E-state index contributed by atoms with van der Waals surface area (Å²) in [6.45, 7) is 0. The predicted molar refractivity (Wildman–Crippen MR) is 85.8 cm³/mol. The zero-order valence-electron chi connectivity index (χ0n) is 10.0. The second-order valence-electron chi connectivity index (χ2n) is 4.31. The van der Waals surface area contributed by atoms with E-state index < -0.39 is 0 Å². The fraction of sp³-hybridized carbons (Fsp3) is 0.200. The van der Waals surface area contributed by atoms with Crippen molar-refractivity contribution < 1.29 is 4.39 Å². The Morgan fingerprint density at radius 2 is 1.89 bits per heavy atom. The van der Waals surface area contributed by atoms with Gasteiger partial charge in [-0.25, -0.2) is 4.39 Å². The highest BCUT2D eigenvalue weighted by molar-refractivity contribution is 9.10. The highest BCUT2D eigenvalue weighted by Gasteiger charge is 2.15. The molecule has 0 nitrogen and oxygen atoms in total. The van der Waals surface area contributed by atoms with Gasteiger partial charge in [0, 0.05) is 14.8 Å². The van der Waals surface area contributed by atoms with E-state index in [4.69, 9.17) is 11.6 Å². The number of benzene rings is 2. The van der Waals surface area contributed by atoms with Gasteiger partial charge in [-0.05, 0) is 41.7 Å². The molecule has 2 rings (SSSR count). The molecule has 0 amide bonds. The number of hydrogen-bond acceptors (Lipinski definition) is 0. The maximum Gasteiger partial charge on any atom is 0.124 e. The van der Waals surface area contributed by atoms with Crippen molar-refractivity contribution in [2.24, 2.45) is 0 Å². The molecule has 0 aromatic heterocycles. The molecule has 0 N–H and O–H groups in total. The summed E-state index contributed by atoms with van der Waals surface area (Å²) in [6.07, 6.45) is 0.771. The van der Waals surface area contributed by atoms with Crippen LogP contribution in [0.25, 0.3) is 0 Å². The zero-order chi connectivity index (χ0) is 13.8. The molecule has 19 heavy (non-hydrogen) atoms. The van der Waals surface area contributed by atoms with Gasteiger partial charge in [0.25, 0.3) is 0 Å². The minimum atomic E-state index is -0.301. The van der Waals surface area contributed by atoms with E-state index in [1.54, 1.807) is 6.07 Å². The Bertz CT molecular complexity index is 572. The molecule has 0 aliphatic carbocycles. The van der Waals surface area contributed by atoms with Gasteiger partial charge < -0.3 is 0 Å². The third kappa shape index (κ3) is 3.80. The summed E-state index contributed by atoms with van der Waals surface area (Å²) in [6, 6.07) is 12.7. The van der Waals surface area contributed by atoms with Crippen LogP contribution in [0, 0.1) is 5.82 Å². The molecule has 1 atom stereocenters. The molecule has 1 unspecified atom stereocenters. The molecule has 0 saturated carbocycles. The Labute approximate surface area is 134 Å². The Morgan fingerprint density at radius 3 is 2.53 bits per heavy atom. The average Bonchev–Trinajstić information content (AvgIpc) is 2.39. The molecule has 0 spiro atoms. The molecule has 0 saturated heterocycles. The standard InChI is InChI=1S/C15H12Br2ClF/c16-9-11(13-3-1-2-4-14(13)17)7-10-5-6-12(19)8-15(10)18/h1-6,8,11H,7,9H2. The number of halogens is 4. The molecule has 0 fully saturated rings. The fourth-order valence-corrected chi connectivity index (χ4v) is 3.44. The van der Waals surface area contributed by atoms with Crippen molar-refractivity contribution in [1.82, 2.24) is 0 Å². The summed E-state index contributed by atoms with van der Waals surface area (Å²) in [4.78, 5) is 0. The first-order valence-corrected chi connectivity index (χ1v) is 8.15. The molecule has 0 aliphatic heterocycles. The van der Waals surface area contributed by atoms with Crippen molar-refractivity contribution in [1.29, 1.82) is 0 Å². The van der Waals surface area contributed by atoms with Crippen LogP contribution < -0.4 is 0 Å². The van der Waals surface area contributed by atoms with Crippen LogP contribution in [0.15, 0.2) is 46.9 Å². The molecule has 2 aromatic rings. The van der Waals surface area contributed by atoms with Crippen LogP contribution >= 0.6 is 43.5 Å². The molecule has 2 aromatic carbocycles. The third-order valence-electron chi connectivity index (χ3n) is 3.01. The highest BCUT2D eigenvalue weighted by atomic mass is 79.9. The van der Waals surface area contributed by atoms with E-state index in [9.17, 15) is 4.39 Å². The third-order valence-corrected chi connectivity index (χ3v) is 4.87. The summed E-state index contributed by atoms with van der Waals surface area (Å²) in [5, 5.41) is 1.31. The molecule has 0 bridgehead atoms. The molecule has 4 heteroatoms. The van der Waals surface area contributed by atoms with E-state index in [-0.39, 0.29) is 5.82 Å². The van der Waals surface area contributed by atoms with Gasteiger partial charge in [-0.3, -0.25) is 0 Å². The van der Waals surface area contributed by atoms with Gasteiger partial charge in [0.1, 0.15) is 5.82 Å². The van der Waals surface area contributed by atoms with Crippen LogP contribution in [0.3, 0.4) is 0 Å². The summed E-state index contributed by atoms with van der Waals surface area (Å²) < 4.78 is 14.1. The van der Waals surface area contributed by atoms with E-state index in [1.807, 2.05) is 18.2 Å². The van der Waals surface area contributed by atoms with Crippen LogP contribution in [0.5, 0.6) is 0 Å². The van der Waals surface area contributed by atoms with Crippen molar-refractivity contribution >= 4 is 43.5 Å². The van der Waals surface area contributed by atoms with Gasteiger partial charge in [-0.1, -0.05) is 67.7 Å². The van der Waals surface area contributed by atoms with Gasteiger partial charge >= 0.3 is 0 Å². The van der Waals surface area contributed by atoms with E-state index in [0.717, 1.165) is 21.8 Å². The van der Waals surface area contributed by atoms with Crippen molar-refractivity contribution in [2.45, 2.75) is 12.3 Å². The lowest BCUT2D eigenvalue weighted by molar-refractivity contribution is 0.626. The number of hydrogen-bond donors (Lipinski definition) is 0. The summed E-state index contributed by atoms with van der Waals surface area (Å²) in [5.74, 6) is -0.0106. The highest BCUT2D eigenvalue weighted by Crippen LogP contribution is 2.31. The lowest BCUT2D eigenvalue weighted by Gasteiger charge is -2.17. The van der Waals surface area contributed by atoms with E-state index in [1.165, 1.54) is 17.7 Å². The average molecular weight is 407 g/mol. The Morgan fingerprint density at radius 1 is 1.16 bits per heavy atom. The minimum Gasteiger partial charge on any atom is -0.207 e. The molecular formula is C15H12Br2ClF. The van der Waals surface area contributed by atoms with Gasteiger partial charge in [0.2, 0.25) is 0 Å². The first-order chi connectivity index (χ1) is 9.11. The van der Waals surface area contributed by atoms with E-state index >= 15 is 0 Å². The van der Waals surface area contributed by atoms with E-state index in [0.29, 0.717) is 10.9 Å². The van der Waals surface area contributed by atoms with Gasteiger partial charge in [-0.15, -0.1) is 0 Å². The quantitative estimate of drug-likeness (QED) is 0.550. The first kappa shape index (κ1) is 15.0. The van der Waals surface area contributed by atoms with Gasteiger partial charge in [0.15, 0.2) is 0 Å². The van der Waals surface area contributed by atoms with Crippen LogP contribution in [-0.4, -0.2) is 5.33 Å². The van der Waals surface area contributed by atoms with Crippen LogP contribution in [0.4, 0.5) is 4.39 Å². The second kappa shape index (κ2) is 6.87. The largest absolute Gasteiger partial charge is 0.207 e. The zero-order valence-corrected chi connectivity index (χ0v) is 14.0. The second-order valence-corrected chi connectivity index (χ2v) is 6.22. The predicted octanol–water partition coefficient (Wildman–Crippen LogP) is 5.96. The minimum absolute atomic E-state index is 0.290. The molecule has 100 valence electrons. The molecular weight excluding hydrogens is 394 g/mol. The maximum atomic E-state index is 13.1. The molecule has 0 aliphatic rings. The first-order valence-electron chi connectivity index (χ1n) is 5.86. The number of rotatable bonds is 4. The SMILES string of the molecule is Fc1ccc(CC(CBr)c2ccccc2Br)c(Cl)c1. The fourth-order valence-electron chi connectivity index (χ4n) is 2.01. The Kier molecular flexibility index (Phi) is 5.43. The lowest BCUT2D eigenvalue weighted by Crippen LogP contribution is -2.06. The van der Waals surface area contributed by atoms with Crippen molar-refractivity contribution in [3.8, 4) is 0 Å². The number of alkyl halides is 1. The topological polar surface area (TPSA) is 0 Å². The van der Waals surface area contributed by atoms with Crippen LogP contribution in [0.1, 0.15) is 17.0 Å². The summed E-state index contributed by atoms with van der Waals surface area (Å²) >= 11 is 13.2.